The molecule has 84 valence electrons. The SMILES string of the molecule is C=C(C)CS(=O)O[Si](C)(C)C(C)(C)C. The third-order valence-corrected chi connectivity index (χ3v) is 9.22. The third-order valence-electron chi connectivity index (χ3n) is 2.47. The van der Waals surface area contributed by atoms with Crippen LogP contribution in [0.2, 0.25) is 18.1 Å². The number of hydrogen-bond donors (Lipinski definition) is 0. The van der Waals surface area contributed by atoms with Crippen molar-refractivity contribution in [2.75, 3.05) is 5.75 Å². The third kappa shape index (κ3) is 4.53. The number of hydrogen-bond acceptors (Lipinski definition) is 2. The van der Waals surface area contributed by atoms with Gasteiger partial charge in [0.2, 0.25) is 8.32 Å². The van der Waals surface area contributed by atoms with Crippen molar-refractivity contribution >= 4 is 19.4 Å². The van der Waals surface area contributed by atoms with Gasteiger partial charge in [0, 0.05) is 0 Å². The van der Waals surface area contributed by atoms with Crippen LogP contribution < -0.4 is 0 Å². The fourth-order valence-electron chi connectivity index (χ4n) is 0.588. The molecule has 4 heteroatoms. The molecule has 0 amide bonds. The van der Waals surface area contributed by atoms with Gasteiger partial charge in [0.25, 0.3) is 0 Å². The van der Waals surface area contributed by atoms with Gasteiger partial charge < -0.3 is 3.87 Å². The normalized spacial score (nSPS) is 15.3. The van der Waals surface area contributed by atoms with Gasteiger partial charge in [-0.1, -0.05) is 32.9 Å². The summed E-state index contributed by atoms with van der Waals surface area (Å²) < 4.78 is 17.2. The standard InChI is InChI=1S/C10H22O2SSi/c1-9(2)8-13(11)12-14(6,7)10(3,4)5/h1,8H2,2-7H3. The molecule has 2 nitrogen and oxygen atoms in total. The lowest BCUT2D eigenvalue weighted by Gasteiger charge is -2.34. The molecule has 0 aliphatic heterocycles. The molecule has 1 atom stereocenters. The van der Waals surface area contributed by atoms with Crippen LogP contribution in [0.25, 0.3) is 0 Å². The van der Waals surface area contributed by atoms with Gasteiger partial charge in [0.05, 0.1) is 5.75 Å². The van der Waals surface area contributed by atoms with E-state index in [-0.39, 0.29) is 5.04 Å². The molecule has 14 heavy (non-hydrogen) atoms. The van der Waals surface area contributed by atoms with Crippen LogP contribution in [0.1, 0.15) is 27.7 Å². The monoisotopic (exact) mass is 234 g/mol. The molecule has 0 fully saturated rings. The molecular formula is C10H22O2SSi. The second-order valence-corrected chi connectivity index (χ2v) is 11.3. The summed E-state index contributed by atoms with van der Waals surface area (Å²) in [6, 6.07) is 0. The predicted octanol–water partition coefficient (Wildman–Crippen LogP) is 3.25. The van der Waals surface area contributed by atoms with E-state index in [0.29, 0.717) is 5.75 Å². The first kappa shape index (κ1) is 14.1. The first-order valence-electron chi connectivity index (χ1n) is 4.78. The number of rotatable bonds is 4. The van der Waals surface area contributed by atoms with Crippen molar-refractivity contribution in [1.29, 1.82) is 0 Å². The average Bonchev–Trinajstić information content (AvgIpc) is 1.79. The van der Waals surface area contributed by atoms with E-state index in [9.17, 15) is 4.21 Å². The highest BCUT2D eigenvalue weighted by Crippen LogP contribution is 2.37. The van der Waals surface area contributed by atoms with Crippen LogP contribution in [0.5, 0.6) is 0 Å². The highest BCUT2D eigenvalue weighted by Gasteiger charge is 2.39. The Morgan fingerprint density at radius 2 is 1.86 bits per heavy atom. The molecule has 1 unspecified atom stereocenters. The molecule has 0 aromatic rings. The van der Waals surface area contributed by atoms with E-state index in [4.69, 9.17) is 3.87 Å². The minimum atomic E-state index is -1.88. The summed E-state index contributed by atoms with van der Waals surface area (Å²) in [7, 11) is -1.88. The Hall–Kier alpha value is 0.0669. The Bertz CT molecular complexity index is 241. The molecular weight excluding hydrogens is 212 g/mol. The van der Waals surface area contributed by atoms with Crippen molar-refractivity contribution in [3.8, 4) is 0 Å². The van der Waals surface area contributed by atoms with E-state index >= 15 is 0 Å². The summed E-state index contributed by atoms with van der Waals surface area (Å²) in [6.45, 7) is 16.2. The minimum Gasteiger partial charge on any atom is -0.334 e. The lowest BCUT2D eigenvalue weighted by molar-refractivity contribution is 0.511. The van der Waals surface area contributed by atoms with Gasteiger partial charge in [0.1, 0.15) is 11.1 Å². The molecule has 0 aliphatic rings. The van der Waals surface area contributed by atoms with Crippen molar-refractivity contribution in [2.24, 2.45) is 0 Å². The smallest absolute Gasteiger partial charge is 0.213 e. The van der Waals surface area contributed by atoms with E-state index in [1.54, 1.807) is 0 Å². The molecule has 0 N–H and O–H groups in total. The molecule has 0 rings (SSSR count). The van der Waals surface area contributed by atoms with Crippen LogP contribution in [0.15, 0.2) is 12.2 Å². The van der Waals surface area contributed by atoms with Crippen LogP contribution in [0, 0.1) is 0 Å². The molecule has 0 aliphatic carbocycles. The van der Waals surface area contributed by atoms with Gasteiger partial charge >= 0.3 is 0 Å². The topological polar surface area (TPSA) is 26.3 Å². The van der Waals surface area contributed by atoms with Gasteiger partial charge in [-0.05, 0) is 25.1 Å². The van der Waals surface area contributed by atoms with Crippen molar-refractivity contribution in [3.63, 3.8) is 0 Å². The largest absolute Gasteiger partial charge is 0.334 e. The van der Waals surface area contributed by atoms with Gasteiger partial charge in [-0.25, -0.2) is 4.21 Å². The van der Waals surface area contributed by atoms with Crippen LogP contribution in [0.4, 0.5) is 0 Å². The highest BCUT2D eigenvalue weighted by atomic mass is 32.2. The zero-order valence-electron chi connectivity index (χ0n) is 10.1. The van der Waals surface area contributed by atoms with Crippen LogP contribution in [0.3, 0.4) is 0 Å². The van der Waals surface area contributed by atoms with Crippen LogP contribution in [-0.4, -0.2) is 18.3 Å². The molecule has 0 saturated heterocycles. The fourth-order valence-corrected chi connectivity index (χ4v) is 4.09. The molecule has 0 heterocycles. The summed E-state index contributed by atoms with van der Waals surface area (Å²) in [4.78, 5) is 0. The lowest BCUT2D eigenvalue weighted by atomic mass is 10.2. The second kappa shape index (κ2) is 4.73. The van der Waals surface area contributed by atoms with Crippen molar-refractivity contribution in [2.45, 2.75) is 45.8 Å². The summed E-state index contributed by atoms with van der Waals surface area (Å²) in [6.07, 6.45) is 0. The van der Waals surface area contributed by atoms with Crippen molar-refractivity contribution in [3.05, 3.63) is 12.2 Å². The van der Waals surface area contributed by atoms with Crippen LogP contribution >= 0.6 is 0 Å². The van der Waals surface area contributed by atoms with E-state index in [1.165, 1.54) is 0 Å². The van der Waals surface area contributed by atoms with Gasteiger partial charge in [0.15, 0.2) is 0 Å². The minimum absolute atomic E-state index is 0.109. The second-order valence-electron chi connectivity index (χ2n) is 5.25. The van der Waals surface area contributed by atoms with E-state index in [0.717, 1.165) is 5.57 Å². The highest BCUT2D eigenvalue weighted by molar-refractivity contribution is 7.81. The Morgan fingerprint density at radius 1 is 1.43 bits per heavy atom. The van der Waals surface area contributed by atoms with Crippen molar-refractivity contribution in [1.82, 2.24) is 0 Å². The van der Waals surface area contributed by atoms with E-state index in [2.05, 4.69) is 40.4 Å². The summed E-state index contributed by atoms with van der Waals surface area (Å²) >= 11 is -1.20. The first-order valence-corrected chi connectivity index (χ1v) is 8.94. The maximum atomic E-state index is 11.6. The Balaban J connectivity index is 4.37. The van der Waals surface area contributed by atoms with Crippen LogP contribution in [-0.2, 0) is 15.0 Å². The molecule has 0 saturated carbocycles. The molecule has 0 radical (unpaired) electrons. The van der Waals surface area contributed by atoms with Gasteiger partial charge in [-0.3, -0.25) is 0 Å². The molecule has 0 aromatic carbocycles. The van der Waals surface area contributed by atoms with E-state index < -0.39 is 19.4 Å². The Kier molecular flexibility index (Phi) is 4.75. The predicted molar refractivity (Wildman–Crippen MR) is 66.1 cm³/mol. The van der Waals surface area contributed by atoms with E-state index in [1.807, 2.05) is 6.92 Å². The molecule has 0 spiro atoms. The lowest BCUT2D eigenvalue weighted by Crippen LogP contribution is -2.41. The summed E-state index contributed by atoms with van der Waals surface area (Å²) in [5.74, 6) is 0.451. The molecule has 0 aromatic heterocycles. The summed E-state index contributed by atoms with van der Waals surface area (Å²) in [5, 5.41) is 0.109. The Morgan fingerprint density at radius 3 is 2.14 bits per heavy atom. The van der Waals surface area contributed by atoms with Crippen molar-refractivity contribution < 1.29 is 8.08 Å². The van der Waals surface area contributed by atoms with Gasteiger partial charge in [-0.15, -0.1) is 0 Å². The van der Waals surface area contributed by atoms with Gasteiger partial charge in [-0.2, -0.15) is 0 Å². The zero-order valence-corrected chi connectivity index (χ0v) is 12.0. The zero-order chi connectivity index (χ0) is 11.6. The molecule has 0 bridgehead atoms. The maximum absolute atomic E-state index is 11.6. The fraction of sp³-hybridized carbons (Fsp3) is 0.800. The summed E-state index contributed by atoms with van der Waals surface area (Å²) in [5.41, 5.74) is 0.905. The quantitative estimate of drug-likeness (QED) is 0.551. The maximum Gasteiger partial charge on any atom is 0.213 e. The first-order chi connectivity index (χ1) is 6.06. The average molecular weight is 234 g/mol. The Labute approximate surface area is 91.5 Å².